The van der Waals surface area contributed by atoms with E-state index in [9.17, 15) is 19.5 Å². The standard InChI is InChI=1S/C37H47F2N3O4/c1-20(2)13-31(42-19-26(11-12-41(7)8)24(6)35(39)37(42)46)36(45)40-30(18-32(43)44)29-17-28(16-23(5)34(29)38)33-21(3)14-27(15-22(33)4)25-9-10-25/h14-17,19-20,25,30-31H,9-13,18H2,1-8H3,(H,40,45)(H,43,44). The number of carboxylic acid groups (broad SMARTS) is 1. The summed E-state index contributed by atoms with van der Waals surface area (Å²) in [6.07, 6.45) is 3.95. The highest BCUT2D eigenvalue weighted by atomic mass is 19.1. The number of amides is 1. The van der Waals surface area contributed by atoms with E-state index in [1.165, 1.54) is 24.6 Å². The molecule has 4 rings (SSSR count). The van der Waals surface area contributed by atoms with E-state index in [1.54, 1.807) is 26.0 Å². The van der Waals surface area contributed by atoms with Crippen LogP contribution in [0.2, 0.25) is 0 Å². The second-order valence-corrected chi connectivity index (χ2v) is 13.7. The third-order valence-electron chi connectivity index (χ3n) is 8.94. The SMILES string of the molecule is Cc1cc(-c2c(C)cc(C3CC3)cc2C)cc(C(CC(=O)O)NC(=O)C(CC(C)C)n2cc(CCN(C)C)c(C)c(F)c2=O)c1F. The number of nitrogens with one attached hydrogen (secondary N) is 1. The largest absolute Gasteiger partial charge is 0.481 e. The van der Waals surface area contributed by atoms with Gasteiger partial charge in [0.15, 0.2) is 5.82 Å². The maximum atomic E-state index is 15.9. The van der Waals surface area contributed by atoms with Crippen molar-refractivity contribution < 1.29 is 23.5 Å². The number of carbonyl (C=O) groups is 2. The molecule has 3 aromatic rings. The zero-order valence-electron chi connectivity index (χ0n) is 28.3. The number of hydrogen-bond donors (Lipinski definition) is 2. The molecule has 2 N–H and O–H groups in total. The highest BCUT2D eigenvalue weighted by Gasteiger charge is 2.31. The van der Waals surface area contributed by atoms with Gasteiger partial charge in [-0.25, -0.2) is 8.78 Å². The van der Waals surface area contributed by atoms with Crippen LogP contribution in [0.3, 0.4) is 0 Å². The van der Waals surface area contributed by atoms with Crippen LogP contribution in [-0.4, -0.2) is 47.1 Å². The highest BCUT2D eigenvalue weighted by molar-refractivity contribution is 5.82. The molecule has 2 unspecified atom stereocenters. The van der Waals surface area contributed by atoms with Crippen LogP contribution in [0.1, 0.15) is 96.5 Å². The van der Waals surface area contributed by atoms with Gasteiger partial charge in [0, 0.05) is 18.3 Å². The van der Waals surface area contributed by atoms with Gasteiger partial charge in [0.1, 0.15) is 11.9 Å². The number of likely N-dealkylation sites (N-methyl/N-ethyl adjacent to an activating group) is 1. The molecule has 1 amide bonds. The van der Waals surface area contributed by atoms with Gasteiger partial charge in [-0.1, -0.05) is 26.0 Å². The summed E-state index contributed by atoms with van der Waals surface area (Å²) in [5.74, 6) is -2.92. The van der Waals surface area contributed by atoms with E-state index in [-0.39, 0.29) is 23.5 Å². The van der Waals surface area contributed by atoms with E-state index in [1.807, 2.05) is 46.7 Å². The summed E-state index contributed by atoms with van der Waals surface area (Å²) in [7, 11) is 3.78. The molecule has 0 aliphatic heterocycles. The van der Waals surface area contributed by atoms with Gasteiger partial charge in [-0.3, -0.25) is 14.4 Å². The van der Waals surface area contributed by atoms with E-state index >= 15 is 8.78 Å². The smallest absolute Gasteiger partial charge is 0.305 e. The molecule has 9 heteroatoms. The Kier molecular flexibility index (Phi) is 10.9. The van der Waals surface area contributed by atoms with Crippen LogP contribution in [0.5, 0.6) is 0 Å². The number of carbonyl (C=O) groups excluding carboxylic acids is 1. The summed E-state index contributed by atoms with van der Waals surface area (Å²) in [4.78, 5) is 41.3. The lowest BCUT2D eigenvalue weighted by atomic mass is 9.88. The molecule has 0 spiro atoms. The summed E-state index contributed by atoms with van der Waals surface area (Å²) >= 11 is 0. The minimum Gasteiger partial charge on any atom is -0.481 e. The second-order valence-electron chi connectivity index (χ2n) is 13.7. The fraction of sp³-hybridized carbons (Fsp3) is 0.486. The first-order valence-electron chi connectivity index (χ1n) is 16.1. The molecule has 0 radical (unpaired) electrons. The maximum Gasteiger partial charge on any atom is 0.305 e. The van der Waals surface area contributed by atoms with E-state index in [0.717, 1.165) is 26.8 Å². The Balaban J connectivity index is 1.77. The summed E-state index contributed by atoms with van der Waals surface area (Å²) in [6.45, 7) is 11.6. The number of nitrogens with zero attached hydrogens (tertiary/aromatic N) is 2. The normalized spacial score (nSPS) is 14.5. The first-order chi connectivity index (χ1) is 21.6. The number of pyridine rings is 1. The third-order valence-corrected chi connectivity index (χ3v) is 8.94. The van der Waals surface area contributed by atoms with Gasteiger partial charge in [-0.05, 0) is 136 Å². The Morgan fingerprint density at radius 2 is 1.63 bits per heavy atom. The fourth-order valence-corrected chi connectivity index (χ4v) is 6.34. The van der Waals surface area contributed by atoms with Gasteiger partial charge < -0.3 is 19.9 Å². The lowest BCUT2D eigenvalue weighted by Gasteiger charge is -2.27. The molecule has 1 aliphatic rings. The Morgan fingerprint density at radius 1 is 1.00 bits per heavy atom. The van der Waals surface area contributed by atoms with Crippen LogP contribution in [0, 0.1) is 45.2 Å². The van der Waals surface area contributed by atoms with Crippen LogP contribution in [-0.2, 0) is 16.0 Å². The van der Waals surface area contributed by atoms with Gasteiger partial charge in [0.25, 0.3) is 5.56 Å². The van der Waals surface area contributed by atoms with Crippen LogP contribution < -0.4 is 10.9 Å². The molecule has 46 heavy (non-hydrogen) atoms. The number of aromatic nitrogens is 1. The number of hydrogen-bond acceptors (Lipinski definition) is 4. The van der Waals surface area contributed by atoms with Gasteiger partial charge >= 0.3 is 5.97 Å². The molecule has 1 aliphatic carbocycles. The second kappa shape index (κ2) is 14.3. The Morgan fingerprint density at radius 3 is 2.17 bits per heavy atom. The first-order valence-corrected chi connectivity index (χ1v) is 16.1. The summed E-state index contributed by atoms with van der Waals surface area (Å²) in [5, 5.41) is 12.6. The van der Waals surface area contributed by atoms with Crippen molar-refractivity contribution in [3.63, 3.8) is 0 Å². The highest BCUT2D eigenvalue weighted by Crippen LogP contribution is 2.43. The van der Waals surface area contributed by atoms with E-state index in [2.05, 4.69) is 17.4 Å². The zero-order valence-corrected chi connectivity index (χ0v) is 28.3. The number of carboxylic acids is 1. The van der Waals surface area contributed by atoms with Crippen LogP contribution in [0.15, 0.2) is 35.3 Å². The zero-order chi connectivity index (χ0) is 34.0. The summed E-state index contributed by atoms with van der Waals surface area (Å²) in [5.41, 5.74) is 5.33. The van der Waals surface area contributed by atoms with Crippen molar-refractivity contribution >= 4 is 11.9 Å². The predicted molar refractivity (Wildman–Crippen MR) is 177 cm³/mol. The molecule has 1 aromatic heterocycles. The quantitative estimate of drug-likeness (QED) is 0.213. The lowest BCUT2D eigenvalue weighted by Crippen LogP contribution is -2.41. The average Bonchev–Trinajstić information content (AvgIpc) is 3.81. The molecule has 7 nitrogen and oxygen atoms in total. The fourth-order valence-electron chi connectivity index (χ4n) is 6.34. The van der Waals surface area contributed by atoms with Crippen molar-refractivity contribution in [2.75, 3.05) is 20.6 Å². The minimum absolute atomic E-state index is 0.0493. The average molecular weight is 636 g/mol. The molecular formula is C37H47F2N3O4. The molecule has 0 saturated heterocycles. The monoisotopic (exact) mass is 635 g/mol. The lowest BCUT2D eigenvalue weighted by molar-refractivity contribution is -0.138. The molecule has 248 valence electrons. The molecule has 1 saturated carbocycles. The van der Waals surface area contributed by atoms with E-state index < -0.39 is 47.6 Å². The van der Waals surface area contributed by atoms with Crippen molar-refractivity contribution in [1.29, 1.82) is 0 Å². The topological polar surface area (TPSA) is 91.6 Å². The Hall–Kier alpha value is -3.85. The van der Waals surface area contributed by atoms with Crippen LogP contribution in [0.4, 0.5) is 8.78 Å². The van der Waals surface area contributed by atoms with Crippen LogP contribution >= 0.6 is 0 Å². The molecule has 1 heterocycles. The van der Waals surface area contributed by atoms with Crippen molar-refractivity contribution in [3.8, 4) is 11.1 Å². The first kappa shape index (κ1) is 35.0. The van der Waals surface area contributed by atoms with Crippen molar-refractivity contribution in [3.05, 3.63) is 91.4 Å². The number of rotatable bonds is 13. The minimum atomic E-state index is -1.23. The number of benzene rings is 2. The van der Waals surface area contributed by atoms with Gasteiger partial charge in [-0.15, -0.1) is 0 Å². The molecule has 1 fully saturated rings. The molecule has 2 aromatic carbocycles. The van der Waals surface area contributed by atoms with Crippen molar-refractivity contribution in [2.24, 2.45) is 5.92 Å². The molecule has 0 bridgehead atoms. The predicted octanol–water partition coefficient (Wildman–Crippen LogP) is 6.93. The number of halogens is 2. The third kappa shape index (κ3) is 7.92. The van der Waals surface area contributed by atoms with Crippen LogP contribution in [0.25, 0.3) is 11.1 Å². The number of aryl methyl sites for hydroxylation is 3. The number of aliphatic carboxylic acids is 1. The van der Waals surface area contributed by atoms with Gasteiger partial charge in [0.2, 0.25) is 5.91 Å². The summed E-state index contributed by atoms with van der Waals surface area (Å²) < 4.78 is 32.3. The van der Waals surface area contributed by atoms with Gasteiger partial charge in [-0.2, -0.15) is 0 Å². The Labute approximate surface area is 270 Å². The maximum absolute atomic E-state index is 15.9. The van der Waals surface area contributed by atoms with Gasteiger partial charge in [0.05, 0.1) is 12.5 Å². The summed E-state index contributed by atoms with van der Waals surface area (Å²) in [6, 6.07) is 5.33. The van der Waals surface area contributed by atoms with Crippen molar-refractivity contribution in [2.45, 2.75) is 91.6 Å². The van der Waals surface area contributed by atoms with Crippen molar-refractivity contribution in [1.82, 2.24) is 14.8 Å². The molecular weight excluding hydrogens is 588 g/mol. The van der Waals surface area contributed by atoms with E-state index in [4.69, 9.17) is 0 Å². The molecule has 2 atom stereocenters. The van der Waals surface area contributed by atoms with E-state index in [0.29, 0.717) is 30.0 Å². The Bertz CT molecular complexity index is 1670.